The number of urea groups is 1. The van der Waals surface area contributed by atoms with Crippen molar-refractivity contribution in [2.75, 3.05) is 5.75 Å². The maximum Gasteiger partial charge on any atom is 0.421 e. The largest absolute Gasteiger partial charge is 1.00 e. The zero-order valence-electron chi connectivity index (χ0n) is 6.19. The molecule has 0 radical (unpaired) electrons. The van der Waals surface area contributed by atoms with Crippen molar-refractivity contribution < 1.29 is 34.5 Å². The van der Waals surface area contributed by atoms with Crippen LogP contribution >= 0.6 is 11.9 Å². The van der Waals surface area contributed by atoms with Gasteiger partial charge in [0.2, 0.25) is 0 Å². The highest BCUT2D eigenvalue weighted by Gasteiger charge is 1.97. The number of amides is 2. The van der Waals surface area contributed by atoms with Crippen molar-refractivity contribution in [1.29, 1.82) is 0 Å². The molecule has 0 heterocycles. The summed E-state index contributed by atoms with van der Waals surface area (Å²) in [7, 11) is 0. The van der Waals surface area contributed by atoms with Gasteiger partial charge in [-0.1, -0.05) is 13.8 Å². The van der Waals surface area contributed by atoms with E-state index in [1.165, 1.54) is 11.9 Å². The number of hydrogen-bond acceptors (Lipinski definition) is 2. The van der Waals surface area contributed by atoms with Crippen LogP contribution in [0, 0.1) is 5.92 Å². The summed E-state index contributed by atoms with van der Waals surface area (Å²) in [5, 5.41) is 0. The van der Waals surface area contributed by atoms with Crippen LogP contribution in [0.4, 0.5) is 4.79 Å². The lowest BCUT2D eigenvalue weighted by atomic mass is 10.3. The van der Waals surface area contributed by atoms with Crippen molar-refractivity contribution in [3.8, 4) is 0 Å². The first kappa shape index (κ1) is 13.1. The molecule has 0 aromatic carbocycles. The molecule has 0 saturated carbocycles. The number of carbonyl (C=O) groups is 1. The van der Waals surface area contributed by atoms with Crippen molar-refractivity contribution in [1.82, 2.24) is 4.72 Å². The number of hydrogen-bond donors (Lipinski definition) is 2. The molecule has 0 bridgehead atoms. The second-order valence-corrected chi connectivity index (χ2v) is 3.06. The molecule has 0 aromatic heterocycles. The maximum atomic E-state index is 10.2. The quantitative estimate of drug-likeness (QED) is 0.433. The Hall–Kier alpha value is 0.510. The summed E-state index contributed by atoms with van der Waals surface area (Å²) in [6, 6.07) is -0.222. The average molecular weight is 276 g/mol. The van der Waals surface area contributed by atoms with Crippen LogP contribution in [0.1, 0.15) is 13.8 Å². The van der Waals surface area contributed by atoms with E-state index in [0.29, 0.717) is 5.92 Å². The molecular formula is C5H13IN2OS. The van der Waals surface area contributed by atoms with Gasteiger partial charge in [0.1, 0.15) is 0 Å². The van der Waals surface area contributed by atoms with Gasteiger partial charge in [0, 0.05) is 5.75 Å². The lowest BCUT2D eigenvalue weighted by molar-refractivity contribution is -0.247. The van der Waals surface area contributed by atoms with Gasteiger partial charge in [0.05, 0.1) is 0 Å². The minimum absolute atomic E-state index is 0. The van der Waals surface area contributed by atoms with Gasteiger partial charge >= 0.3 is 6.03 Å². The van der Waals surface area contributed by atoms with Crippen LogP contribution in [0.5, 0.6) is 0 Å². The van der Waals surface area contributed by atoms with E-state index in [2.05, 4.69) is 24.3 Å². The standard InChI is InChI=1S/C5H12N2OS.HI/c1-4(2)3-9-7-5(6)8;/h4H,3H2,1-2H3,(H3,6,7,8);1H. The molecule has 0 unspecified atom stereocenters. The van der Waals surface area contributed by atoms with Gasteiger partial charge in [0.15, 0.2) is 0 Å². The molecule has 0 saturated heterocycles. The Morgan fingerprint density at radius 3 is 2.50 bits per heavy atom. The van der Waals surface area contributed by atoms with Crippen LogP contribution in [0.25, 0.3) is 0 Å². The van der Waals surface area contributed by atoms with E-state index in [0.717, 1.165) is 5.75 Å². The van der Waals surface area contributed by atoms with Crippen molar-refractivity contribution in [2.45, 2.75) is 13.8 Å². The molecule has 0 atom stereocenters. The van der Waals surface area contributed by atoms with E-state index in [9.17, 15) is 4.79 Å². The Bertz CT molecular complexity index is 99.6. The third-order valence-corrected chi connectivity index (χ3v) is 1.81. The fourth-order valence-corrected chi connectivity index (χ4v) is 0.866. The zero-order chi connectivity index (χ0) is 7.28. The van der Waals surface area contributed by atoms with Gasteiger partial charge in [-0.25, -0.2) is 9.52 Å². The second kappa shape index (κ2) is 7.62. The molecule has 5 heteroatoms. The van der Waals surface area contributed by atoms with Gasteiger partial charge in [-0.15, -0.1) is 0 Å². The normalized spacial score (nSPS) is 8.80. The molecule has 0 aliphatic rings. The summed E-state index contributed by atoms with van der Waals surface area (Å²) < 4.78 is 2.54. The van der Waals surface area contributed by atoms with Crippen LogP contribution in [0.2, 0.25) is 0 Å². The summed E-state index contributed by atoms with van der Waals surface area (Å²) in [5.41, 5.74) is 3.16. The molecule has 10 heavy (non-hydrogen) atoms. The van der Waals surface area contributed by atoms with E-state index in [1.807, 2.05) is 0 Å². The summed E-state index contributed by atoms with van der Waals surface area (Å²) in [6.45, 7) is 4.20. The molecule has 0 aromatic rings. The average Bonchev–Trinajstić information content (AvgIpc) is 1.63. The van der Waals surface area contributed by atoms with Crippen LogP contribution < -0.4 is 34.4 Å². The van der Waals surface area contributed by atoms with Gasteiger partial charge in [0.25, 0.3) is 0 Å². The molecule has 0 spiro atoms. The summed E-state index contributed by atoms with van der Waals surface area (Å²) in [4.78, 5) is 10.2. The fraction of sp³-hybridized carbons (Fsp3) is 0.800. The van der Waals surface area contributed by atoms with Gasteiger partial charge in [-0.3, -0.25) is 5.73 Å². The van der Waals surface area contributed by atoms with Crippen LogP contribution in [0.15, 0.2) is 0 Å². The smallest absolute Gasteiger partial charge is 0.421 e. The molecule has 0 rings (SSSR count). The predicted octanol–water partition coefficient (Wildman–Crippen LogP) is -2.75. The Labute approximate surface area is 82.7 Å². The Kier molecular flexibility index (Phi) is 10.00. The monoisotopic (exact) mass is 276 g/mol. The van der Waals surface area contributed by atoms with Crippen molar-refractivity contribution in [2.24, 2.45) is 5.92 Å². The second-order valence-electron chi connectivity index (χ2n) is 2.23. The van der Waals surface area contributed by atoms with Crippen molar-refractivity contribution in [3.05, 3.63) is 0 Å². The Morgan fingerprint density at radius 2 is 2.20 bits per heavy atom. The Morgan fingerprint density at radius 1 is 1.70 bits per heavy atom. The van der Waals surface area contributed by atoms with Gasteiger partial charge in [-0.2, -0.15) is 0 Å². The first-order chi connectivity index (χ1) is 4.13. The number of carbonyl (C=O) groups excluding carboxylic acids is 1. The lowest BCUT2D eigenvalue weighted by Gasteiger charge is -2.00. The maximum absolute atomic E-state index is 10.2. The first-order valence-corrected chi connectivity index (χ1v) is 3.85. The molecular weight excluding hydrogens is 263 g/mol. The SMILES string of the molecule is CC(C)CSNC([NH3+])=O.[I-]. The highest BCUT2D eigenvalue weighted by atomic mass is 127. The molecule has 4 N–H and O–H groups in total. The lowest BCUT2D eigenvalue weighted by Crippen LogP contribution is -3.00. The van der Waals surface area contributed by atoms with E-state index >= 15 is 0 Å². The highest BCUT2D eigenvalue weighted by molar-refractivity contribution is 7.97. The molecule has 2 amide bonds. The zero-order valence-corrected chi connectivity index (χ0v) is 9.16. The minimum Gasteiger partial charge on any atom is -1.00 e. The summed E-state index contributed by atoms with van der Waals surface area (Å²) in [6.07, 6.45) is 0. The fourth-order valence-electron chi connectivity index (χ4n) is 0.289. The van der Waals surface area contributed by atoms with Crippen LogP contribution in [-0.4, -0.2) is 11.8 Å². The van der Waals surface area contributed by atoms with Crippen molar-refractivity contribution in [3.63, 3.8) is 0 Å². The summed E-state index contributed by atoms with van der Waals surface area (Å²) >= 11 is 1.41. The van der Waals surface area contributed by atoms with E-state index in [4.69, 9.17) is 0 Å². The molecule has 3 nitrogen and oxygen atoms in total. The number of nitrogens with one attached hydrogen (secondary N) is 1. The third-order valence-electron chi connectivity index (χ3n) is 0.603. The predicted molar refractivity (Wildman–Crippen MR) is 38.7 cm³/mol. The van der Waals surface area contributed by atoms with Gasteiger partial charge in [-0.05, 0) is 17.9 Å². The number of halogens is 1. The molecule has 0 aliphatic heterocycles. The van der Waals surface area contributed by atoms with Crippen LogP contribution in [-0.2, 0) is 0 Å². The van der Waals surface area contributed by atoms with Crippen LogP contribution in [0.3, 0.4) is 0 Å². The minimum atomic E-state index is -0.222. The number of rotatable bonds is 3. The topological polar surface area (TPSA) is 56.7 Å². The van der Waals surface area contributed by atoms with Gasteiger partial charge < -0.3 is 24.0 Å². The molecule has 0 fully saturated rings. The summed E-state index contributed by atoms with van der Waals surface area (Å²) in [5.74, 6) is 1.56. The first-order valence-electron chi connectivity index (χ1n) is 2.86. The molecule has 0 aliphatic carbocycles. The van der Waals surface area contributed by atoms with E-state index < -0.39 is 0 Å². The Balaban J connectivity index is 0. The van der Waals surface area contributed by atoms with E-state index in [1.54, 1.807) is 0 Å². The number of quaternary nitrogens is 1. The van der Waals surface area contributed by atoms with E-state index in [-0.39, 0.29) is 30.0 Å². The molecule has 62 valence electrons. The highest BCUT2D eigenvalue weighted by Crippen LogP contribution is 2.01. The third kappa shape index (κ3) is 11.3. The van der Waals surface area contributed by atoms with Crippen molar-refractivity contribution >= 4 is 18.0 Å².